The van der Waals surface area contributed by atoms with Crippen LogP contribution in [0.4, 0.5) is 0 Å². The molecule has 0 aliphatic carbocycles. The van der Waals surface area contributed by atoms with Crippen molar-refractivity contribution in [2.24, 2.45) is 5.92 Å². The molecule has 0 saturated carbocycles. The fourth-order valence-corrected chi connectivity index (χ4v) is 1.81. The van der Waals surface area contributed by atoms with E-state index in [-0.39, 0.29) is 12.0 Å². The number of rotatable bonds is 5. The van der Waals surface area contributed by atoms with E-state index < -0.39 is 0 Å². The number of amides is 1. The van der Waals surface area contributed by atoms with Crippen molar-refractivity contribution in [2.75, 3.05) is 32.8 Å². The molecule has 1 amide bonds. The maximum atomic E-state index is 12.1. The highest BCUT2D eigenvalue weighted by Crippen LogP contribution is 2.08. The van der Waals surface area contributed by atoms with Crippen molar-refractivity contribution in [3.63, 3.8) is 0 Å². The van der Waals surface area contributed by atoms with Gasteiger partial charge >= 0.3 is 0 Å². The maximum Gasteiger partial charge on any atom is 0.253 e. The Hall–Kier alpha value is -0.610. The number of carbonyl (C=O) groups excluding carboxylic acids is 1. The van der Waals surface area contributed by atoms with Crippen molar-refractivity contribution in [3.8, 4) is 0 Å². The summed E-state index contributed by atoms with van der Waals surface area (Å²) < 4.78 is 5.48. The van der Waals surface area contributed by atoms with E-state index in [0.717, 1.165) is 26.1 Å². The fourth-order valence-electron chi connectivity index (χ4n) is 1.81. The molecule has 1 fully saturated rings. The van der Waals surface area contributed by atoms with Crippen LogP contribution in [0.3, 0.4) is 0 Å². The number of nitrogens with one attached hydrogen (secondary N) is 1. The lowest BCUT2D eigenvalue weighted by Crippen LogP contribution is -2.50. The van der Waals surface area contributed by atoms with Crippen LogP contribution in [0.1, 0.15) is 27.2 Å². The molecule has 2 unspecified atom stereocenters. The Morgan fingerprint density at radius 3 is 2.81 bits per heavy atom. The lowest BCUT2D eigenvalue weighted by atomic mass is 10.1. The van der Waals surface area contributed by atoms with Crippen molar-refractivity contribution < 1.29 is 9.53 Å². The van der Waals surface area contributed by atoms with Gasteiger partial charge in [-0.15, -0.1) is 0 Å². The number of carbonyl (C=O) groups is 1. The number of nitrogens with zero attached hydrogens (tertiary/aromatic N) is 1. The molecule has 1 aliphatic rings. The molecule has 0 radical (unpaired) electrons. The Morgan fingerprint density at radius 1 is 1.56 bits per heavy atom. The van der Waals surface area contributed by atoms with Crippen LogP contribution in [0.15, 0.2) is 0 Å². The summed E-state index contributed by atoms with van der Waals surface area (Å²) in [5, 5.41) is 3.19. The van der Waals surface area contributed by atoms with Crippen molar-refractivity contribution in [1.82, 2.24) is 10.2 Å². The Bertz CT molecular complexity index is 215. The number of hydrogen-bond acceptors (Lipinski definition) is 3. The van der Waals surface area contributed by atoms with Gasteiger partial charge in [-0.2, -0.15) is 0 Å². The Morgan fingerprint density at radius 2 is 2.31 bits per heavy atom. The van der Waals surface area contributed by atoms with E-state index in [1.807, 2.05) is 11.8 Å². The fraction of sp³-hybridized carbons (Fsp3) is 0.917. The summed E-state index contributed by atoms with van der Waals surface area (Å²) in [6.45, 7) is 10.1. The molecule has 1 heterocycles. The summed E-state index contributed by atoms with van der Waals surface area (Å²) in [4.78, 5) is 14.1. The van der Waals surface area contributed by atoms with Gasteiger partial charge in [-0.05, 0) is 12.8 Å². The highest BCUT2D eigenvalue weighted by molar-refractivity contribution is 5.81. The first-order valence-corrected chi connectivity index (χ1v) is 6.30. The van der Waals surface area contributed by atoms with Gasteiger partial charge in [-0.1, -0.05) is 20.3 Å². The molecule has 0 spiro atoms. The maximum absolute atomic E-state index is 12.1. The molecule has 1 saturated heterocycles. The molecule has 4 nitrogen and oxygen atoms in total. The Balaban J connectivity index is 2.47. The summed E-state index contributed by atoms with van der Waals surface area (Å²) in [6, 6.07) is 0. The van der Waals surface area contributed by atoms with Crippen LogP contribution in [-0.4, -0.2) is 49.7 Å². The van der Waals surface area contributed by atoms with E-state index in [1.165, 1.54) is 0 Å². The van der Waals surface area contributed by atoms with Crippen molar-refractivity contribution in [2.45, 2.75) is 33.3 Å². The zero-order valence-corrected chi connectivity index (χ0v) is 10.7. The zero-order chi connectivity index (χ0) is 12.0. The molecular weight excluding hydrogens is 204 g/mol. The SMILES string of the molecule is CCC(C)CN(CC)C(=O)C1CNCCO1. The second kappa shape index (κ2) is 6.86. The van der Waals surface area contributed by atoms with Gasteiger partial charge in [-0.3, -0.25) is 4.79 Å². The highest BCUT2D eigenvalue weighted by atomic mass is 16.5. The van der Waals surface area contributed by atoms with E-state index in [2.05, 4.69) is 19.2 Å². The van der Waals surface area contributed by atoms with E-state index >= 15 is 0 Å². The van der Waals surface area contributed by atoms with Crippen LogP contribution in [0.5, 0.6) is 0 Å². The molecule has 1 aliphatic heterocycles. The molecule has 0 aromatic rings. The van der Waals surface area contributed by atoms with Crippen molar-refractivity contribution >= 4 is 5.91 Å². The highest BCUT2D eigenvalue weighted by Gasteiger charge is 2.26. The molecule has 94 valence electrons. The van der Waals surface area contributed by atoms with Crippen LogP contribution >= 0.6 is 0 Å². The lowest BCUT2D eigenvalue weighted by molar-refractivity contribution is -0.145. The third kappa shape index (κ3) is 3.76. The second-order valence-electron chi connectivity index (χ2n) is 4.45. The second-order valence-corrected chi connectivity index (χ2v) is 4.45. The molecule has 4 heteroatoms. The predicted octanol–water partition coefficient (Wildman–Crippen LogP) is 0.869. The predicted molar refractivity (Wildman–Crippen MR) is 64.3 cm³/mol. The van der Waals surface area contributed by atoms with Gasteiger partial charge in [0.25, 0.3) is 5.91 Å². The summed E-state index contributed by atoms with van der Waals surface area (Å²) in [7, 11) is 0. The van der Waals surface area contributed by atoms with Gasteiger partial charge < -0.3 is 15.0 Å². The number of likely N-dealkylation sites (N-methyl/N-ethyl adjacent to an activating group) is 1. The van der Waals surface area contributed by atoms with Gasteiger partial charge in [0.15, 0.2) is 0 Å². The molecule has 2 atom stereocenters. The van der Waals surface area contributed by atoms with Gasteiger partial charge in [-0.25, -0.2) is 0 Å². The van der Waals surface area contributed by atoms with E-state index in [0.29, 0.717) is 19.1 Å². The standard InChI is InChI=1S/C12H24N2O2/c1-4-10(3)9-14(5-2)12(15)11-8-13-6-7-16-11/h10-11,13H,4-9H2,1-3H3. The van der Waals surface area contributed by atoms with Crippen LogP contribution in [0.2, 0.25) is 0 Å². The molecule has 1 N–H and O–H groups in total. The minimum absolute atomic E-state index is 0.134. The zero-order valence-electron chi connectivity index (χ0n) is 10.7. The van der Waals surface area contributed by atoms with Crippen LogP contribution in [0, 0.1) is 5.92 Å². The van der Waals surface area contributed by atoms with Crippen LogP contribution in [0.25, 0.3) is 0 Å². The minimum Gasteiger partial charge on any atom is -0.366 e. The van der Waals surface area contributed by atoms with Crippen molar-refractivity contribution in [3.05, 3.63) is 0 Å². The Labute approximate surface area is 98.3 Å². The summed E-state index contributed by atoms with van der Waals surface area (Å²) in [5.41, 5.74) is 0. The normalized spacial score (nSPS) is 22.8. The molecule has 16 heavy (non-hydrogen) atoms. The summed E-state index contributed by atoms with van der Waals surface area (Å²) >= 11 is 0. The van der Waals surface area contributed by atoms with Crippen LogP contribution in [-0.2, 0) is 9.53 Å². The monoisotopic (exact) mass is 228 g/mol. The molecule has 0 aromatic carbocycles. The number of morpholine rings is 1. The smallest absolute Gasteiger partial charge is 0.253 e. The Kier molecular flexibility index (Phi) is 5.77. The summed E-state index contributed by atoms with van der Waals surface area (Å²) in [5.74, 6) is 0.690. The van der Waals surface area contributed by atoms with Crippen molar-refractivity contribution in [1.29, 1.82) is 0 Å². The first kappa shape index (κ1) is 13.5. The summed E-state index contributed by atoms with van der Waals surface area (Å²) in [6.07, 6.45) is 0.825. The van der Waals surface area contributed by atoms with Gasteiger partial charge in [0.1, 0.15) is 6.10 Å². The molecule has 0 aromatic heterocycles. The third-order valence-electron chi connectivity index (χ3n) is 3.13. The average molecular weight is 228 g/mol. The number of ether oxygens (including phenoxy) is 1. The van der Waals surface area contributed by atoms with Gasteiger partial charge in [0.2, 0.25) is 0 Å². The van der Waals surface area contributed by atoms with Gasteiger partial charge in [0, 0.05) is 26.2 Å². The van der Waals surface area contributed by atoms with E-state index in [1.54, 1.807) is 0 Å². The largest absolute Gasteiger partial charge is 0.366 e. The van der Waals surface area contributed by atoms with E-state index in [4.69, 9.17) is 4.74 Å². The molecule has 0 bridgehead atoms. The molecular formula is C12H24N2O2. The minimum atomic E-state index is -0.280. The number of hydrogen-bond donors (Lipinski definition) is 1. The van der Waals surface area contributed by atoms with Gasteiger partial charge in [0.05, 0.1) is 6.61 Å². The lowest BCUT2D eigenvalue weighted by Gasteiger charge is -2.30. The quantitative estimate of drug-likeness (QED) is 0.759. The van der Waals surface area contributed by atoms with E-state index in [9.17, 15) is 4.79 Å². The first-order valence-electron chi connectivity index (χ1n) is 6.30. The van der Waals surface area contributed by atoms with Crippen LogP contribution < -0.4 is 5.32 Å². The third-order valence-corrected chi connectivity index (χ3v) is 3.13. The average Bonchev–Trinajstić information content (AvgIpc) is 2.35. The first-order chi connectivity index (χ1) is 7.69. The topological polar surface area (TPSA) is 41.6 Å². The molecule has 1 rings (SSSR count).